The fourth-order valence-corrected chi connectivity index (χ4v) is 2.84. The number of hydrogen-bond acceptors (Lipinski definition) is 3. The molecule has 0 fully saturated rings. The van der Waals surface area contributed by atoms with Crippen LogP contribution in [0.5, 0.6) is 5.75 Å². The predicted molar refractivity (Wildman–Crippen MR) is 96.5 cm³/mol. The number of nitro groups is 1. The summed E-state index contributed by atoms with van der Waals surface area (Å²) in [5.74, 6) is 0.878. The first-order valence-electron chi connectivity index (χ1n) is 8.35. The third-order valence-electron chi connectivity index (χ3n) is 3.95. The highest BCUT2D eigenvalue weighted by molar-refractivity contribution is 5.46. The van der Waals surface area contributed by atoms with Gasteiger partial charge in [0.25, 0.3) is 0 Å². The maximum Gasteiger partial charge on any atom is 0.310 e. The third kappa shape index (κ3) is 4.82. The highest BCUT2D eigenvalue weighted by Crippen LogP contribution is 2.33. The van der Waals surface area contributed by atoms with E-state index in [0.29, 0.717) is 11.7 Å². The van der Waals surface area contributed by atoms with Gasteiger partial charge in [0.2, 0.25) is 0 Å². The molecule has 0 amide bonds. The van der Waals surface area contributed by atoms with Crippen LogP contribution in [-0.4, -0.2) is 4.92 Å². The average Bonchev–Trinajstić information content (AvgIpc) is 2.50. The molecule has 4 nitrogen and oxygen atoms in total. The van der Waals surface area contributed by atoms with Crippen molar-refractivity contribution in [3.05, 3.63) is 69.3 Å². The first kappa shape index (κ1) is 18.0. The molecule has 2 aromatic rings. The number of nitro benzene ring substituents is 1. The molecule has 24 heavy (non-hydrogen) atoms. The number of aryl methyl sites for hydroxylation is 2. The summed E-state index contributed by atoms with van der Waals surface area (Å²) in [7, 11) is 0. The number of para-hydroxylation sites is 2. The maximum absolute atomic E-state index is 11.2. The lowest BCUT2D eigenvalue weighted by Crippen LogP contribution is -2.10. The lowest BCUT2D eigenvalue weighted by atomic mass is 9.97. The number of ether oxygens (including phenoxy) is 1. The van der Waals surface area contributed by atoms with E-state index >= 15 is 0 Å². The highest BCUT2D eigenvalue weighted by Gasteiger charge is 2.20. The zero-order chi connectivity index (χ0) is 17.7. The van der Waals surface area contributed by atoms with E-state index in [1.807, 2.05) is 0 Å². The van der Waals surface area contributed by atoms with Crippen LogP contribution < -0.4 is 4.74 Å². The second kappa shape index (κ2) is 7.95. The van der Waals surface area contributed by atoms with Crippen LogP contribution in [0.15, 0.2) is 42.5 Å². The Labute approximate surface area is 143 Å². The molecule has 0 N–H and O–H groups in total. The van der Waals surface area contributed by atoms with E-state index in [4.69, 9.17) is 4.74 Å². The van der Waals surface area contributed by atoms with Gasteiger partial charge in [-0.1, -0.05) is 55.3 Å². The second-order valence-electron chi connectivity index (χ2n) is 6.72. The molecule has 1 atom stereocenters. The van der Waals surface area contributed by atoms with Crippen molar-refractivity contribution >= 4 is 5.69 Å². The van der Waals surface area contributed by atoms with Crippen molar-refractivity contribution in [1.82, 2.24) is 0 Å². The Kier molecular flexibility index (Phi) is 5.96. The molecule has 0 spiro atoms. The van der Waals surface area contributed by atoms with Crippen molar-refractivity contribution in [1.29, 1.82) is 0 Å². The Morgan fingerprint density at radius 1 is 1.04 bits per heavy atom. The van der Waals surface area contributed by atoms with Gasteiger partial charge in [-0.05, 0) is 44.2 Å². The Bertz CT molecular complexity index is 690. The van der Waals surface area contributed by atoms with Crippen LogP contribution in [0.1, 0.15) is 49.5 Å². The van der Waals surface area contributed by atoms with Crippen molar-refractivity contribution in [2.75, 3.05) is 0 Å². The maximum atomic E-state index is 11.2. The van der Waals surface area contributed by atoms with Crippen LogP contribution in [-0.2, 0) is 0 Å². The van der Waals surface area contributed by atoms with E-state index in [2.05, 4.69) is 45.9 Å². The highest BCUT2D eigenvalue weighted by atomic mass is 16.6. The number of nitrogens with zero attached hydrogens (tertiary/aromatic N) is 1. The van der Waals surface area contributed by atoms with Crippen LogP contribution in [0.25, 0.3) is 0 Å². The molecular weight excluding hydrogens is 302 g/mol. The van der Waals surface area contributed by atoms with E-state index in [1.54, 1.807) is 18.2 Å². The smallest absolute Gasteiger partial charge is 0.310 e. The van der Waals surface area contributed by atoms with E-state index in [0.717, 1.165) is 18.4 Å². The summed E-state index contributed by atoms with van der Waals surface area (Å²) in [6, 6.07) is 12.9. The molecule has 0 heterocycles. The SMILES string of the molecule is Cc1cc(C)cc(C(CCC(C)C)Oc2ccccc2[N+](=O)[O-])c1. The summed E-state index contributed by atoms with van der Waals surface area (Å²) in [5.41, 5.74) is 3.43. The summed E-state index contributed by atoms with van der Waals surface area (Å²) in [6.07, 6.45) is 1.64. The first-order chi connectivity index (χ1) is 11.4. The van der Waals surface area contributed by atoms with Gasteiger partial charge in [-0.2, -0.15) is 0 Å². The summed E-state index contributed by atoms with van der Waals surface area (Å²) in [6.45, 7) is 8.45. The molecule has 0 aliphatic rings. The van der Waals surface area contributed by atoms with Crippen LogP contribution in [0.4, 0.5) is 5.69 Å². The molecule has 2 rings (SSSR count). The Balaban J connectivity index is 2.34. The Morgan fingerprint density at radius 3 is 2.25 bits per heavy atom. The Morgan fingerprint density at radius 2 is 1.67 bits per heavy atom. The molecule has 4 heteroatoms. The lowest BCUT2D eigenvalue weighted by Gasteiger charge is -2.21. The summed E-state index contributed by atoms with van der Waals surface area (Å²) in [4.78, 5) is 10.8. The molecule has 1 unspecified atom stereocenters. The fraction of sp³-hybridized carbons (Fsp3) is 0.400. The molecule has 0 radical (unpaired) electrons. The molecule has 0 saturated carbocycles. The van der Waals surface area contributed by atoms with Gasteiger partial charge in [0.1, 0.15) is 6.10 Å². The minimum absolute atomic E-state index is 0.0106. The van der Waals surface area contributed by atoms with Gasteiger partial charge in [0.05, 0.1) is 4.92 Å². The van der Waals surface area contributed by atoms with E-state index < -0.39 is 4.92 Å². The van der Waals surface area contributed by atoms with Gasteiger partial charge in [-0.25, -0.2) is 0 Å². The molecule has 0 aliphatic heterocycles. The van der Waals surface area contributed by atoms with Crippen LogP contribution >= 0.6 is 0 Å². The van der Waals surface area contributed by atoms with Crippen molar-refractivity contribution in [2.45, 2.75) is 46.6 Å². The van der Waals surface area contributed by atoms with E-state index in [-0.39, 0.29) is 11.8 Å². The average molecular weight is 327 g/mol. The molecule has 0 aliphatic carbocycles. The quantitative estimate of drug-likeness (QED) is 0.479. The number of hydrogen-bond donors (Lipinski definition) is 0. The third-order valence-corrected chi connectivity index (χ3v) is 3.95. The molecule has 0 aromatic heterocycles. The molecule has 0 saturated heterocycles. The zero-order valence-corrected chi connectivity index (χ0v) is 14.8. The molecule has 128 valence electrons. The zero-order valence-electron chi connectivity index (χ0n) is 14.8. The fourth-order valence-electron chi connectivity index (χ4n) is 2.84. The van der Waals surface area contributed by atoms with Crippen molar-refractivity contribution in [3.8, 4) is 5.75 Å². The topological polar surface area (TPSA) is 52.4 Å². The molecule has 2 aromatic carbocycles. The van der Waals surface area contributed by atoms with E-state index in [1.165, 1.54) is 17.2 Å². The van der Waals surface area contributed by atoms with Crippen LogP contribution in [0, 0.1) is 29.9 Å². The van der Waals surface area contributed by atoms with Gasteiger partial charge >= 0.3 is 5.69 Å². The molecule has 0 bridgehead atoms. The van der Waals surface area contributed by atoms with Crippen LogP contribution in [0.3, 0.4) is 0 Å². The second-order valence-corrected chi connectivity index (χ2v) is 6.72. The normalized spacial score (nSPS) is 12.2. The Hall–Kier alpha value is -2.36. The van der Waals surface area contributed by atoms with Gasteiger partial charge in [0.15, 0.2) is 5.75 Å². The van der Waals surface area contributed by atoms with Gasteiger partial charge in [-0.3, -0.25) is 10.1 Å². The minimum Gasteiger partial charge on any atom is -0.479 e. The standard InChI is InChI=1S/C20H25NO3/c1-14(2)9-10-19(17-12-15(3)11-16(4)13-17)24-20-8-6-5-7-18(20)21(22)23/h5-8,11-14,19H,9-10H2,1-4H3. The van der Waals surface area contributed by atoms with Crippen molar-refractivity contribution in [3.63, 3.8) is 0 Å². The summed E-state index contributed by atoms with van der Waals surface area (Å²) >= 11 is 0. The molecular formula is C20H25NO3. The number of rotatable bonds is 7. The van der Waals surface area contributed by atoms with Gasteiger partial charge in [0, 0.05) is 6.07 Å². The van der Waals surface area contributed by atoms with E-state index in [9.17, 15) is 10.1 Å². The van der Waals surface area contributed by atoms with Crippen molar-refractivity contribution in [2.24, 2.45) is 5.92 Å². The van der Waals surface area contributed by atoms with Gasteiger partial charge < -0.3 is 4.74 Å². The summed E-state index contributed by atoms with van der Waals surface area (Å²) in [5, 5.41) is 11.2. The lowest BCUT2D eigenvalue weighted by molar-refractivity contribution is -0.386. The van der Waals surface area contributed by atoms with Gasteiger partial charge in [-0.15, -0.1) is 0 Å². The number of benzene rings is 2. The minimum atomic E-state index is -0.393. The first-order valence-corrected chi connectivity index (χ1v) is 8.35. The summed E-state index contributed by atoms with van der Waals surface area (Å²) < 4.78 is 6.11. The largest absolute Gasteiger partial charge is 0.479 e. The van der Waals surface area contributed by atoms with Crippen molar-refractivity contribution < 1.29 is 9.66 Å². The predicted octanol–water partition coefficient (Wildman–Crippen LogP) is 5.77. The van der Waals surface area contributed by atoms with Crippen LogP contribution in [0.2, 0.25) is 0 Å². The monoisotopic (exact) mass is 327 g/mol.